The van der Waals surface area contributed by atoms with Crippen LogP contribution in [0.4, 0.5) is 5.82 Å². The van der Waals surface area contributed by atoms with Crippen LogP contribution in [-0.4, -0.2) is 22.7 Å². The van der Waals surface area contributed by atoms with E-state index >= 15 is 0 Å². The van der Waals surface area contributed by atoms with Gasteiger partial charge in [0.2, 0.25) is 5.91 Å². The molecule has 5 nitrogen and oxygen atoms in total. The van der Waals surface area contributed by atoms with E-state index in [9.17, 15) is 4.79 Å². The van der Waals surface area contributed by atoms with Crippen LogP contribution in [0.2, 0.25) is 0 Å². The fourth-order valence-electron chi connectivity index (χ4n) is 3.93. The van der Waals surface area contributed by atoms with Crippen molar-refractivity contribution in [2.24, 2.45) is 0 Å². The lowest BCUT2D eigenvalue weighted by atomic mass is 9.95. The summed E-state index contributed by atoms with van der Waals surface area (Å²) in [6.45, 7) is 0. The van der Waals surface area contributed by atoms with Gasteiger partial charge in [-0.15, -0.1) is 0 Å². The zero-order valence-electron chi connectivity index (χ0n) is 14.4. The van der Waals surface area contributed by atoms with E-state index in [4.69, 9.17) is 5.73 Å². The average Bonchev–Trinajstić information content (AvgIpc) is 2.99. The first-order valence-corrected chi connectivity index (χ1v) is 11.1. The van der Waals surface area contributed by atoms with Crippen LogP contribution < -0.4 is 16.0 Å². The van der Waals surface area contributed by atoms with Gasteiger partial charge in [0, 0.05) is 10.9 Å². The normalized spacial score (nSPS) is 18.2. The van der Waals surface area contributed by atoms with E-state index in [1.54, 1.807) is 11.3 Å². The molecule has 0 atom stereocenters. The number of carbonyl (C=O) groups excluding carboxylic acids is 1. The molecule has 2 aromatic heterocycles. The number of hydrogen-bond acceptors (Lipinski definition) is 5. The van der Waals surface area contributed by atoms with Crippen LogP contribution in [0.5, 0.6) is 0 Å². The monoisotopic (exact) mass is 377 g/mol. The quantitative estimate of drug-likeness (QED) is 0.633. The number of thioether (sulfide) groups is 1. The lowest BCUT2D eigenvalue weighted by Gasteiger charge is -2.22. The Bertz CT molecular complexity index is 783. The number of aromatic nitrogens is 2. The predicted octanol–water partition coefficient (Wildman–Crippen LogP) is 3.11. The summed E-state index contributed by atoms with van der Waals surface area (Å²) >= 11 is 3.24. The molecule has 4 rings (SSSR count). The van der Waals surface area contributed by atoms with Gasteiger partial charge in [0.25, 0.3) is 5.82 Å². The molecule has 7 heteroatoms. The summed E-state index contributed by atoms with van der Waals surface area (Å²) in [4.78, 5) is 22.7. The molecule has 0 aromatic carbocycles. The maximum Gasteiger partial charge on any atom is 0.361 e. The summed E-state index contributed by atoms with van der Waals surface area (Å²) in [7, 11) is 0. The Morgan fingerprint density at radius 2 is 2.04 bits per heavy atom. The minimum absolute atomic E-state index is 0.0937. The van der Waals surface area contributed by atoms with Gasteiger partial charge >= 0.3 is 5.16 Å². The molecule has 4 N–H and O–H groups in total. The van der Waals surface area contributed by atoms with E-state index in [0.717, 1.165) is 41.1 Å². The Labute approximate surface area is 156 Å². The lowest BCUT2D eigenvalue weighted by Crippen LogP contribution is -2.37. The SMILES string of the molecule is Nc1nc(SCC(=O)NC2CCCCC2)[nH+]c2sc3c(c12)CCCC3. The Kier molecular flexibility index (Phi) is 5.12. The topological polar surface area (TPSA) is 82.1 Å². The molecule has 134 valence electrons. The van der Waals surface area contributed by atoms with Gasteiger partial charge in [-0.1, -0.05) is 30.6 Å². The second-order valence-electron chi connectivity index (χ2n) is 7.03. The first-order valence-electron chi connectivity index (χ1n) is 9.26. The first-order chi connectivity index (χ1) is 12.2. The zero-order valence-corrected chi connectivity index (χ0v) is 16.0. The minimum atomic E-state index is 0.0937. The van der Waals surface area contributed by atoms with Gasteiger partial charge in [-0.2, -0.15) is 0 Å². The predicted molar refractivity (Wildman–Crippen MR) is 103 cm³/mol. The summed E-state index contributed by atoms with van der Waals surface area (Å²) in [5.74, 6) is 1.08. The largest absolute Gasteiger partial charge is 0.362 e. The van der Waals surface area contributed by atoms with Crippen molar-refractivity contribution in [3.8, 4) is 0 Å². The van der Waals surface area contributed by atoms with Crippen LogP contribution in [0.3, 0.4) is 0 Å². The van der Waals surface area contributed by atoms with Gasteiger partial charge in [-0.3, -0.25) is 4.79 Å². The zero-order chi connectivity index (χ0) is 17.2. The molecule has 1 saturated carbocycles. The highest BCUT2D eigenvalue weighted by Crippen LogP contribution is 2.37. The van der Waals surface area contributed by atoms with Crippen molar-refractivity contribution in [3.05, 3.63) is 10.4 Å². The third-order valence-electron chi connectivity index (χ3n) is 5.18. The first kappa shape index (κ1) is 17.1. The Morgan fingerprint density at radius 1 is 1.24 bits per heavy atom. The highest BCUT2D eigenvalue weighted by Gasteiger charge is 2.25. The second-order valence-corrected chi connectivity index (χ2v) is 9.10. The van der Waals surface area contributed by atoms with E-state index in [2.05, 4.69) is 15.3 Å². The summed E-state index contributed by atoms with van der Waals surface area (Å²) in [6.07, 6.45) is 10.7. The summed E-state index contributed by atoms with van der Waals surface area (Å²) in [6, 6.07) is 0.357. The molecule has 2 heterocycles. The number of rotatable bonds is 4. The fourth-order valence-corrected chi connectivity index (χ4v) is 5.98. The molecule has 2 aliphatic carbocycles. The third kappa shape index (κ3) is 3.77. The van der Waals surface area contributed by atoms with Gasteiger partial charge < -0.3 is 11.1 Å². The van der Waals surface area contributed by atoms with Crippen LogP contribution in [-0.2, 0) is 17.6 Å². The molecule has 0 radical (unpaired) electrons. The number of H-pyrrole nitrogens is 1. The van der Waals surface area contributed by atoms with Gasteiger partial charge in [0.1, 0.15) is 5.39 Å². The van der Waals surface area contributed by atoms with Crippen molar-refractivity contribution in [1.82, 2.24) is 10.3 Å². The van der Waals surface area contributed by atoms with Crippen LogP contribution in [0, 0.1) is 0 Å². The molecule has 2 aliphatic rings. The smallest absolute Gasteiger partial charge is 0.361 e. The van der Waals surface area contributed by atoms with E-state index in [-0.39, 0.29) is 5.91 Å². The lowest BCUT2D eigenvalue weighted by molar-refractivity contribution is -0.399. The minimum Gasteiger partial charge on any atom is -0.362 e. The molecule has 0 bridgehead atoms. The van der Waals surface area contributed by atoms with E-state index < -0.39 is 0 Å². The summed E-state index contributed by atoms with van der Waals surface area (Å²) in [5, 5.41) is 5.00. The molecule has 2 aromatic rings. The van der Waals surface area contributed by atoms with Crippen LogP contribution in [0.25, 0.3) is 10.2 Å². The van der Waals surface area contributed by atoms with Crippen molar-refractivity contribution in [2.45, 2.75) is 69.0 Å². The number of hydrogen-bond donors (Lipinski definition) is 2. The number of nitrogens with zero attached hydrogens (tertiary/aromatic N) is 1. The van der Waals surface area contributed by atoms with Crippen molar-refractivity contribution < 1.29 is 9.78 Å². The van der Waals surface area contributed by atoms with E-state index in [1.165, 1.54) is 54.3 Å². The Morgan fingerprint density at radius 3 is 2.88 bits per heavy atom. The summed E-state index contributed by atoms with van der Waals surface area (Å²) < 4.78 is 0. The number of nitrogens with two attached hydrogens (primary N) is 1. The highest BCUT2D eigenvalue weighted by atomic mass is 32.2. The number of carbonyl (C=O) groups is 1. The number of thiophene rings is 1. The number of nitrogen functional groups attached to an aromatic ring is 1. The number of anilines is 1. The Hall–Kier alpha value is -1.34. The molecule has 0 spiro atoms. The second kappa shape index (κ2) is 7.50. The molecule has 1 amide bonds. The van der Waals surface area contributed by atoms with Gasteiger partial charge in [0.05, 0.1) is 5.75 Å². The van der Waals surface area contributed by atoms with Crippen molar-refractivity contribution in [2.75, 3.05) is 11.5 Å². The standard InChI is InChI=1S/C18H24N4OS2/c19-16-15-12-8-4-5-9-13(12)25-17(15)22-18(21-16)24-10-14(23)20-11-6-2-1-3-7-11/h11H,1-10H2,(H,20,23)(H2,19,21,22)/p+1. The number of amides is 1. The van der Waals surface area contributed by atoms with E-state index in [1.807, 2.05) is 0 Å². The molecule has 25 heavy (non-hydrogen) atoms. The molecular formula is C18H25N4OS2+. The highest BCUT2D eigenvalue weighted by molar-refractivity contribution is 7.99. The number of fused-ring (bicyclic) bond motifs is 3. The molecule has 0 aliphatic heterocycles. The molecule has 0 unspecified atom stereocenters. The number of aromatic amines is 1. The maximum atomic E-state index is 12.2. The third-order valence-corrected chi connectivity index (χ3v) is 7.26. The van der Waals surface area contributed by atoms with Gasteiger partial charge in [-0.05, 0) is 60.8 Å². The van der Waals surface area contributed by atoms with Crippen molar-refractivity contribution >= 4 is 45.0 Å². The Balaban J connectivity index is 1.44. The fraction of sp³-hybridized carbons (Fsp3) is 0.611. The van der Waals surface area contributed by atoms with Crippen LogP contribution >= 0.6 is 23.1 Å². The van der Waals surface area contributed by atoms with Crippen LogP contribution in [0.15, 0.2) is 5.16 Å². The van der Waals surface area contributed by atoms with Crippen LogP contribution in [0.1, 0.15) is 55.4 Å². The van der Waals surface area contributed by atoms with Crippen molar-refractivity contribution in [3.63, 3.8) is 0 Å². The summed E-state index contributed by atoms with van der Waals surface area (Å²) in [5.41, 5.74) is 7.63. The number of nitrogens with one attached hydrogen (secondary N) is 2. The molecule has 1 fully saturated rings. The maximum absolute atomic E-state index is 12.2. The average molecular weight is 378 g/mol. The van der Waals surface area contributed by atoms with Crippen molar-refractivity contribution in [1.29, 1.82) is 0 Å². The van der Waals surface area contributed by atoms with Gasteiger partial charge in [-0.25, -0.2) is 4.98 Å². The van der Waals surface area contributed by atoms with Gasteiger partial charge in [0.15, 0.2) is 4.83 Å². The molecule has 0 saturated heterocycles. The molecular weight excluding hydrogens is 352 g/mol. The number of aryl methyl sites for hydroxylation is 2. The van der Waals surface area contributed by atoms with E-state index in [0.29, 0.717) is 17.6 Å².